The van der Waals surface area contributed by atoms with Gasteiger partial charge in [0.2, 0.25) is 11.8 Å². The zero-order chi connectivity index (χ0) is 15.6. The van der Waals surface area contributed by atoms with Gasteiger partial charge < -0.3 is 0 Å². The van der Waals surface area contributed by atoms with E-state index in [1.54, 1.807) is 6.07 Å². The molecule has 2 bridgehead atoms. The van der Waals surface area contributed by atoms with Gasteiger partial charge in [0.25, 0.3) is 5.69 Å². The van der Waals surface area contributed by atoms with Crippen LogP contribution in [0.25, 0.3) is 0 Å². The van der Waals surface area contributed by atoms with Crippen LogP contribution in [-0.4, -0.2) is 16.7 Å². The van der Waals surface area contributed by atoms with Gasteiger partial charge in [-0.15, -0.1) is 0 Å². The van der Waals surface area contributed by atoms with Crippen molar-refractivity contribution in [2.45, 2.75) is 13.3 Å². The maximum absolute atomic E-state index is 12.7. The van der Waals surface area contributed by atoms with Gasteiger partial charge in [-0.2, -0.15) is 0 Å². The number of anilines is 1. The Kier molecular flexibility index (Phi) is 2.55. The van der Waals surface area contributed by atoms with Gasteiger partial charge in [0, 0.05) is 12.1 Å². The van der Waals surface area contributed by atoms with Crippen molar-refractivity contribution >= 4 is 23.2 Å². The SMILES string of the molecule is CC1=C[C@@H]2C[C@H]1[C@H]1C(=O)N(c3cccc([N+](=O)[O-])c3)C(=O)[C@@H]12. The van der Waals surface area contributed by atoms with Gasteiger partial charge in [-0.1, -0.05) is 17.7 Å². The molecule has 2 aliphatic carbocycles. The molecular formula is C16H14N2O4. The van der Waals surface area contributed by atoms with Crippen LogP contribution in [0.3, 0.4) is 0 Å². The number of benzene rings is 1. The minimum atomic E-state index is -0.523. The molecule has 0 N–H and O–H groups in total. The Morgan fingerprint density at radius 3 is 2.68 bits per heavy atom. The Hall–Kier alpha value is -2.50. The summed E-state index contributed by atoms with van der Waals surface area (Å²) in [6.07, 6.45) is 2.98. The Labute approximate surface area is 126 Å². The van der Waals surface area contributed by atoms with Crippen LogP contribution in [-0.2, 0) is 9.59 Å². The van der Waals surface area contributed by atoms with E-state index in [1.807, 2.05) is 6.92 Å². The van der Waals surface area contributed by atoms with Crippen molar-refractivity contribution in [2.24, 2.45) is 23.7 Å². The summed E-state index contributed by atoms with van der Waals surface area (Å²) in [4.78, 5) is 36.9. The fraction of sp³-hybridized carbons (Fsp3) is 0.375. The number of carbonyl (C=O) groups excluding carboxylic acids is 2. The predicted molar refractivity (Wildman–Crippen MR) is 77.9 cm³/mol. The molecule has 2 fully saturated rings. The fourth-order valence-electron chi connectivity index (χ4n) is 4.27. The molecular weight excluding hydrogens is 284 g/mol. The highest BCUT2D eigenvalue weighted by Gasteiger charge is 2.60. The topological polar surface area (TPSA) is 80.5 Å². The lowest BCUT2D eigenvalue weighted by atomic mass is 9.82. The van der Waals surface area contributed by atoms with Crippen molar-refractivity contribution in [1.82, 2.24) is 0 Å². The Morgan fingerprint density at radius 1 is 1.23 bits per heavy atom. The molecule has 2 amide bonds. The summed E-state index contributed by atoms with van der Waals surface area (Å²) in [6.45, 7) is 2.01. The second-order valence-electron chi connectivity index (χ2n) is 6.26. The third-order valence-corrected chi connectivity index (χ3v) is 5.18. The third kappa shape index (κ3) is 1.55. The summed E-state index contributed by atoms with van der Waals surface area (Å²) in [6, 6.07) is 5.72. The second-order valence-corrected chi connectivity index (χ2v) is 6.26. The number of allylic oxidation sites excluding steroid dienone is 2. The first-order chi connectivity index (χ1) is 10.5. The largest absolute Gasteiger partial charge is 0.274 e. The number of hydrogen-bond donors (Lipinski definition) is 0. The highest BCUT2D eigenvalue weighted by molar-refractivity contribution is 6.23. The van der Waals surface area contributed by atoms with Gasteiger partial charge in [0.05, 0.1) is 22.4 Å². The summed E-state index contributed by atoms with van der Waals surface area (Å²) in [7, 11) is 0. The molecule has 3 aliphatic rings. The van der Waals surface area contributed by atoms with Crippen LogP contribution in [0.1, 0.15) is 13.3 Å². The number of fused-ring (bicyclic) bond motifs is 5. The van der Waals surface area contributed by atoms with Crippen molar-refractivity contribution in [1.29, 1.82) is 0 Å². The van der Waals surface area contributed by atoms with Crippen molar-refractivity contribution in [3.8, 4) is 0 Å². The number of amides is 2. The van der Waals surface area contributed by atoms with Crippen LogP contribution in [0.5, 0.6) is 0 Å². The summed E-state index contributed by atoms with van der Waals surface area (Å²) in [5, 5.41) is 10.9. The van der Waals surface area contributed by atoms with Crippen LogP contribution in [0, 0.1) is 33.8 Å². The molecule has 1 aromatic carbocycles. The van der Waals surface area contributed by atoms with Gasteiger partial charge in [-0.05, 0) is 31.2 Å². The average Bonchev–Trinajstić information content (AvgIpc) is 3.10. The molecule has 4 rings (SSSR count). The predicted octanol–water partition coefficient (Wildman–Crippen LogP) is 2.30. The molecule has 0 spiro atoms. The number of non-ortho nitro benzene ring substituents is 1. The quantitative estimate of drug-likeness (QED) is 0.363. The third-order valence-electron chi connectivity index (χ3n) is 5.18. The lowest BCUT2D eigenvalue weighted by Crippen LogP contribution is -2.32. The molecule has 0 aromatic heterocycles. The minimum absolute atomic E-state index is 0.118. The second kappa shape index (κ2) is 4.25. The number of nitrogens with zero attached hydrogens (tertiary/aromatic N) is 2. The molecule has 0 unspecified atom stereocenters. The van der Waals surface area contributed by atoms with Crippen LogP contribution in [0.15, 0.2) is 35.9 Å². The van der Waals surface area contributed by atoms with E-state index in [0.717, 1.165) is 11.3 Å². The molecule has 6 heteroatoms. The Balaban J connectivity index is 1.74. The lowest BCUT2D eigenvalue weighted by molar-refractivity contribution is -0.384. The molecule has 1 saturated carbocycles. The molecule has 22 heavy (non-hydrogen) atoms. The highest BCUT2D eigenvalue weighted by Crippen LogP contribution is 2.55. The summed E-state index contributed by atoms with van der Waals surface area (Å²) in [5.41, 5.74) is 1.37. The Bertz CT molecular complexity index is 754. The van der Waals surface area contributed by atoms with E-state index < -0.39 is 4.92 Å². The number of hydrogen-bond acceptors (Lipinski definition) is 4. The van der Waals surface area contributed by atoms with Crippen LogP contribution in [0.4, 0.5) is 11.4 Å². The van der Waals surface area contributed by atoms with E-state index in [2.05, 4.69) is 6.08 Å². The molecule has 1 aromatic rings. The zero-order valence-corrected chi connectivity index (χ0v) is 11.9. The molecule has 6 nitrogen and oxygen atoms in total. The van der Waals surface area contributed by atoms with Crippen molar-refractivity contribution in [3.63, 3.8) is 0 Å². The minimum Gasteiger partial charge on any atom is -0.274 e. The van der Waals surface area contributed by atoms with Crippen molar-refractivity contribution < 1.29 is 14.5 Å². The number of carbonyl (C=O) groups is 2. The first-order valence-corrected chi connectivity index (χ1v) is 7.29. The van der Waals surface area contributed by atoms with E-state index >= 15 is 0 Å². The lowest BCUT2D eigenvalue weighted by Gasteiger charge is -2.19. The van der Waals surface area contributed by atoms with Gasteiger partial charge in [-0.25, -0.2) is 4.90 Å². The van der Waals surface area contributed by atoms with E-state index in [1.165, 1.54) is 23.8 Å². The molecule has 4 atom stereocenters. The van der Waals surface area contributed by atoms with Crippen LogP contribution >= 0.6 is 0 Å². The molecule has 0 radical (unpaired) electrons. The van der Waals surface area contributed by atoms with Crippen molar-refractivity contribution in [3.05, 3.63) is 46.0 Å². The van der Waals surface area contributed by atoms with Gasteiger partial charge >= 0.3 is 0 Å². The maximum atomic E-state index is 12.7. The molecule has 1 heterocycles. The van der Waals surface area contributed by atoms with E-state index in [4.69, 9.17) is 0 Å². The molecule has 1 aliphatic heterocycles. The van der Waals surface area contributed by atoms with Crippen LogP contribution < -0.4 is 4.90 Å². The van der Waals surface area contributed by atoms with E-state index in [0.29, 0.717) is 5.69 Å². The fourth-order valence-corrected chi connectivity index (χ4v) is 4.27. The maximum Gasteiger partial charge on any atom is 0.271 e. The van der Waals surface area contributed by atoms with Crippen molar-refractivity contribution in [2.75, 3.05) is 4.90 Å². The zero-order valence-electron chi connectivity index (χ0n) is 11.9. The first-order valence-electron chi connectivity index (χ1n) is 7.29. The van der Waals surface area contributed by atoms with Gasteiger partial charge in [0.1, 0.15) is 0 Å². The molecule has 1 saturated heterocycles. The number of rotatable bonds is 2. The standard InChI is InChI=1S/C16H14N2O4/c1-8-5-9-6-12(8)14-13(9)15(19)17(16(14)20)10-3-2-4-11(7-10)18(21)22/h2-5,7,9,12-14H,6H2,1H3/t9-,12-,13-,14-/m1/s1. The summed E-state index contributed by atoms with van der Waals surface area (Å²) in [5.74, 6) is -0.727. The van der Waals surface area contributed by atoms with Gasteiger partial charge in [0.15, 0.2) is 0 Å². The Morgan fingerprint density at radius 2 is 1.95 bits per heavy atom. The number of nitro groups is 1. The van der Waals surface area contributed by atoms with E-state index in [9.17, 15) is 19.7 Å². The number of imide groups is 1. The normalized spacial score (nSPS) is 32.4. The average molecular weight is 298 g/mol. The van der Waals surface area contributed by atoms with Crippen LogP contribution in [0.2, 0.25) is 0 Å². The highest BCUT2D eigenvalue weighted by atomic mass is 16.6. The van der Waals surface area contributed by atoms with Gasteiger partial charge in [-0.3, -0.25) is 19.7 Å². The molecule has 112 valence electrons. The monoisotopic (exact) mass is 298 g/mol. The smallest absolute Gasteiger partial charge is 0.271 e. The summed E-state index contributed by atoms with van der Waals surface area (Å²) < 4.78 is 0. The summed E-state index contributed by atoms with van der Waals surface area (Å²) >= 11 is 0. The number of nitro benzene ring substituents is 1. The van der Waals surface area contributed by atoms with E-state index in [-0.39, 0.29) is 41.2 Å². The first kappa shape index (κ1) is 13.2.